The zero-order chi connectivity index (χ0) is 27.9. The molecule has 1 aliphatic rings. The van der Waals surface area contributed by atoms with Crippen LogP contribution in [0.1, 0.15) is 34.6 Å². The lowest BCUT2D eigenvalue weighted by Crippen LogP contribution is -2.35. The van der Waals surface area contributed by atoms with Gasteiger partial charge in [-0.2, -0.15) is 0 Å². The van der Waals surface area contributed by atoms with E-state index in [4.69, 9.17) is 4.98 Å². The third-order valence-electron chi connectivity index (χ3n) is 6.98. The Hall–Kier alpha value is -3.57. The van der Waals surface area contributed by atoms with Crippen molar-refractivity contribution in [2.45, 2.75) is 37.8 Å². The van der Waals surface area contributed by atoms with Crippen molar-refractivity contribution in [2.75, 3.05) is 16.6 Å². The van der Waals surface area contributed by atoms with Gasteiger partial charge in [-0.15, -0.1) is 22.7 Å². The molecule has 2 aromatic heterocycles. The maximum atomic E-state index is 13.5. The van der Waals surface area contributed by atoms with Crippen molar-refractivity contribution >= 4 is 59.5 Å². The highest BCUT2D eigenvalue weighted by atomic mass is 32.2. The molecule has 3 heterocycles. The fourth-order valence-electron chi connectivity index (χ4n) is 4.87. The van der Waals surface area contributed by atoms with Gasteiger partial charge in [-0.25, -0.2) is 13.4 Å². The summed E-state index contributed by atoms with van der Waals surface area (Å²) >= 11 is 3.24. The molecule has 7 nitrogen and oxygen atoms in total. The summed E-state index contributed by atoms with van der Waals surface area (Å²) in [6, 6.07) is 23.2. The van der Waals surface area contributed by atoms with Gasteiger partial charge in [0.05, 0.1) is 15.1 Å². The number of anilines is 2. The molecule has 1 amide bonds. The van der Waals surface area contributed by atoms with Crippen LogP contribution >= 0.6 is 22.7 Å². The van der Waals surface area contributed by atoms with E-state index in [1.807, 2.05) is 18.2 Å². The molecule has 40 heavy (non-hydrogen) atoms. The van der Waals surface area contributed by atoms with Crippen molar-refractivity contribution in [3.63, 3.8) is 0 Å². The molecule has 2 N–H and O–H groups in total. The monoisotopic (exact) mass is 588 g/mol. The van der Waals surface area contributed by atoms with Crippen LogP contribution in [0.15, 0.2) is 83.8 Å². The summed E-state index contributed by atoms with van der Waals surface area (Å²) in [7, 11) is -3.78. The van der Waals surface area contributed by atoms with Crippen molar-refractivity contribution in [2.24, 2.45) is 0 Å². The number of fused-ring (bicyclic) bond motifs is 2. The largest absolute Gasteiger partial charge is 0.313 e. The minimum Gasteiger partial charge on any atom is -0.313 e. The summed E-state index contributed by atoms with van der Waals surface area (Å²) in [5.41, 5.74) is 3.87. The number of para-hydroxylation sites is 1. The molecule has 5 aromatic rings. The molecule has 0 bridgehead atoms. The van der Waals surface area contributed by atoms with Gasteiger partial charge in [-0.1, -0.05) is 36.4 Å². The van der Waals surface area contributed by atoms with E-state index in [0.717, 1.165) is 45.3 Å². The third kappa shape index (κ3) is 5.27. The van der Waals surface area contributed by atoms with Gasteiger partial charge in [-0.05, 0) is 68.3 Å². The maximum Gasteiger partial charge on any atom is 0.261 e. The summed E-state index contributed by atoms with van der Waals surface area (Å²) in [6.45, 7) is 6.20. The summed E-state index contributed by atoms with van der Waals surface area (Å²) in [4.78, 5) is 22.3. The van der Waals surface area contributed by atoms with Gasteiger partial charge in [0.25, 0.3) is 15.9 Å². The Kier molecular flexibility index (Phi) is 7.18. The maximum absolute atomic E-state index is 13.5. The van der Waals surface area contributed by atoms with Crippen LogP contribution in [0.3, 0.4) is 0 Å². The molecular weight excluding hydrogens is 561 g/mol. The molecule has 0 radical (unpaired) electrons. The number of thiophene rings is 1. The summed E-state index contributed by atoms with van der Waals surface area (Å²) in [5, 5.41) is 4.82. The number of rotatable bonds is 7. The van der Waals surface area contributed by atoms with Crippen molar-refractivity contribution < 1.29 is 13.2 Å². The topological polar surface area (TPSA) is 91.4 Å². The molecule has 6 rings (SSSR count). The Morgan fingerprint density at radius 3 is 2.52 bits per heavy atom. The number of sulfonamides is 1. The standard InChI is InChI=1S/C30H28N4O3S3/c1-19(2)34-16-15-23-26(18-34)39-30(27(23)29-31-24-13-6-7-14-25(24)38-29)32-28(35)20-9-8-10-21(17-20)33-40(36,37)22-11-4-3-5-12-22/h3-14,17,19,33H,15-16,18H2,1-2H3,(H,32,35). The number of amides is 1. The smallest absolute Gasteiger partial charge is 0.261 e. The summed E-state index contributed by atoms with van der Waals surface area (Å²) in [6.07, 6.45) is 0.891. The number of benzene rings is 3. The van der Waals surface area contributed by atoms with Crippen LogP contribution in [0.2, 0.25) is 0 Å². The number of hydrogen-bond acceptors (Lipinski definition) is 7. The van der Waals surface area contributed by atoms with E-state index in [9.17, 15) is 13.2 Å². The molecule has 0 saturated carbocycles. The number of thiazole rings is 1. The van der Waals surface area contributed by atoms with Crippen molar-refractivity contribution in [3.8, 4) is 10.6 Å². The minimum atomic E-state index is -3.78. The first-order chi connectivity index (χ1) is 19.3. The van der Waals surface area contributed by atoms with E-state index in [1.165, 1.54) is 22.6 Å². The van der Waals surface area contributed by atoms with Crippen LogP contribution in [0, 0.1) is 0 Å². The Morgan fingerprint density at radius 1 is 0.975 bits per heavy atom. The van der Waals surface area contributed by atoms with E-state index in [0.29, 0.717) is 17.3 Å². The molecule has 0 unspecified atom stereocenters. The lowest BCUT2D eigenvalue weighted by molar-refractivity contribution is 0.102. The SMILES string of the molecule is CC(C)N1CCc2c(sc(NC(=O)c3cccc(NS(=O)(=O)c4ccccc4)c3)c2-c2nc3ccccc3s2)C1. The molecule has 0 atom stereocenters. The Labute approximate surface area is 241 Å². The fraction of sp³-hybridized carbons (Fsp3) is 0.200. The minimum absolute atomic E-state index is 0.157. The lowest BCUT2D eigenvalue weighted by Gasteiger charge is -2.30. The van der Waals surface area contributed by atoms with E-state index in [-0.39, 0.29) is 10.8 Å². The fourth-order valence-corrected chi connectivity index (χ4v) is 8.32. The number of hydrogen-bond donors (Lipinski definition) is 2. The first kappa shape index (κ1) is 26.6. The number of nitrogens with one attached hydrogen (secondary N) is 2. The van der Waals surface area contributed by atoms with Crippen LogP contribution in [-0.2, 0) is 23.0 Å². The second-order valence-electron chi connectivity index (χ2n) is 9.96. The van der Waals surface area contributed by atoms with Crippen LogP contribution in [0.25, 0.3) is 20.8 Å². The molecular formula is C30H28N4O3S3. The predicted octanol–water partition coefficient (Wildman–Crippen LogP) is 6.84. The first-order valence-corrected chi connectivity index (χ1v) is 16.1. The summed E-state index contributed by atoms with van der Waals surface area (Å²) < 4.78 is 29.3. The Balaban J connectivity index is 1.32. The predicted molar refractivity (Wildman–Crippen MR) is 164 cm³/mol. The van der Waals surface area contributed by atoms with E-state index in [2.05, 4.69) is 34.9 Å². The van der Waals surface area contributed by atoms with Gasteiger partial charge in [0.15, 0.2) is 0 Å². The molecule has 0 fully saturated rings. The van der Waals surface area contributed by atoms with Crippen molar-refractivity contribution in [1.82, 2.24) is 9.88 Å². The molecule has 3 aromatic carbocycles. The van der Waals surface area contributed by atoms with Gasteiger partial charge in [0.2, 0.25) is 0 Å². The van der Waals surface area contributed by atoms with E-state index in [1.54, 1.807) is 65.1 Å². The molecule has 0 aliphatic carbocycles. The number of carbonyl (C=O) groups is 1. The molecule has 0 saturated heterocycles. The highest BCUT2D eigenvalue weighted by Gasteiger charge is 2.29. The van der Waals surface area contributed by atoms with Gasteiger partial charge in [-0.3, -0.25) is 14.4 Å². The van der Waals surface area contributed by atoms with E-state index < -0.39 is 10.0 Å². The van der Waals surface area contributed by atoms with Crippen LogP contribution in [-0.4, -0.2) is 36.8 Å². The quantitative estimate of drug-likeness (QED) is 0.217. The first-order valence-electron chi connectivity index (χ1n) is 13.0. The molecule has 10 heteroatoms. The van der Waals surface area contributed by atoms with Gasteiger partial charge in [0.1, 0.15) is 10.0 Å². The second-order valence-corrected chi connectivity index (χ2v) is 13.8. The molecule has 204 valence electrons. The van der Waals surface area contributed by atoms with Gasteiger partial charge >= 0.3 is 0 Å². The number of aromatic nitrogens is 1. The second kappa shape index (κ2) is 10.8. The Bertz CT molecular complexity index is 1780. The zero-order valence-electron chi connectivity index (χ0n) is 22.0. The lowest BCUT2D eigenvalue weighted by atomic mass is 10.0. The summed E-state index contributed by atoms with van der Waals surface area (Å²) in [5.74, 6) is -0.303. The van der Waals surface area contributed by atoms with Crippen LogP contribution < -0.4 is 10.0 Å². The van der Waals surface area contributed by atoms with Crippen LogP contribution in [0.5, 0.6) is 0 Å². The molecule has 0 spiro atoms. The van der Waals surface area contributed by atoms with Gasteiger partial charge < -0.3 is 5.32 Å². The van der Waals surface area contributed by atoms with Crippen LogP contribution in [0.4, 0.5) is 10.7 Å². The highest BCUT2D eigenvalue weighted by molar-refractivity contribution is 7.92. The highest BCUT2D eigenvalue weighted by Crippen LogP contribution is 2.46. The van der Waals surface area contributed by atoms with Crippen molar-refractivity contribution in [3.05, 3.63) is 94.9 Å². The number of nitrogens with zero attached hydrogens (tertiary/aromatic N) is 2. The molecule has 1 aliphatic heterocycles. The third-order valence-corrected chi connectivity index (χ3v) is 10.6. The number of carbonyl (C=O) groups excluding carboxylic acids is 1. The normalized spacial score (nSPS) is 13.9. The zero-order valence-corrected chi connectivity index (χ0v) is 24.5. The van der Waals surface area contributed by atoms with Gasteiger partial charge in [0, 0.05) is 40.8 Å². The Morgan fingerprint density at radius 2 is 1.75 bits per heavy atom. The average molecular weight is 589 g/mol. The van der Waals surface area contributed by atoms with Crippen molar-refractivity contribution in [1.29, 1.82) is 0 Å². The average Bonchev–Trinajstić information content (AvgIpc) is 3.53. The van der Waals surface area contributed by atoms with E-state index >= 15 is 0 Å².